The zero-order valence-corrected chi connectivity index (χ0v) is 51.9. The van der Waals surface area contributed by atoms with Crippen molar-refractivity contribution in [2.45, 2.75) is 0 Å². The largest absolute Gasteiger partial charge is 0.311 e. The molecule has 0 aromatic heterocycles. The average Bonchev–Trinajstić information content (AvgIpc) is 1.03. The van der Waals surface area contributed by atoms with Crippen LogP contribution in [0.4, 0.5) is 68.2 Å². The summed E-state index contributed by atoms with van der Waals surface area (Å²) in [4.78, 5) is 9.41. The summed E-state index contributed by atoms with van der Waals surface area (Å²) in [6.45, 7) is 0. The van der Waals surface area contributed by atoms with E-state index in [1.807, 2.05) is 0 Å². The lowest BCUT2D eigenvalue weighted by atomic mass is 10.0. The second-order valence-electron chi connectivity index (χ2n) is 23.4. The average molecular weight is 1200 g/mol. The maximum atomic E-state index is 2.37. The molecule has 0 saturated heterocycles. The van der Waals surface area contributed by atoms with E-state index in [1.165, 1.54) is 66.8 Å². The van der Waals surface area contributed by atoms with Crippen molar-refractivity contribution in [1.29, 1.82) is 0 Å². The molecule has 0 spiro atoms. The molecule has 0 N–H and O–H groups in total. The van der Waals surface area contributed by atoms with Crippen molar-refractivity contribution < 1.29 is 0 Å². The van der Waals surface area contributed by atoms with Gasteiger partial charge in [-0.1, -0.05) is 255 Å². The topological polar surface area (TPSA) is 13.0 Å². The first-order valence-corrected chi connectivity index (χ1v) is 32.0. The third-order valence-electron chi connectivity index (χ3n) is 17.5. The van der Waals surface area contributed by atoms with Crippen molar-refractivity contribution in [1.82, 2.24) is 0 Å². The molecular weight excluding hydrogens is 1140 g/mol. The second kappa shape index (κ2) is 26.9. The minimum absolute atomic E-state index is 1.01. The lowest BCUT2D eigenvalue weighted by Gasteiger charge is -2.30. The number of nitrogens with zero attached hydrogens (tertiary/aromatic N) is 4. The van der Waals surface area contributed by atoms with E-state index in [0.717, 1.165) is 68.2 Å². The predicted octanol–water partition coefficient (Wildman–Crippen LogP) is 25.6. The first-order valence-electron chi connectivity index (χ1n) is 32.0. The van der Waals surface area contributed by atoms with Crippen LogP contribution in [0.3, 0.4) is 0 Å². The van der Waals surface area contributed by atoms with Crippen LogP contribution < -0.4 is 19.6 Å². The Morgan fingerprint density at radius 1 is 0.0851 bits per heavy atom. The molecule has 0 bridgehead atoms. The van der Waals surface area contributed by atoms with Crippen LogP contribution in [0.15, 0.2) is 400 Å². The van der Waals surface area contributed by atoms with E-state index in [9.17, 15) is 0 Å². The van der Waals surface area contributed by atoms with Crippen molar-refractivity contribution in [3.8, 4) is 66.8 Å². The molecule has 446 valence electrons. The summed E-state index contributed by atoms with van der Waals surface area (Å²) in [6.07, 6.45) is 0. The third-order valence-corrected chi connectivity index (χ3v) is 17.5. The standard InChI is InChI=1S/C90H66N4/c1-7-19-67(20-8-1)73-31-43-79(44-32-73)91(80-45-33-74(34-46-80)68-21-9-2-10-22-68)85-55-61-88(62-56-85)94(89-63-57-86(58-64-89)92(81-47-35-75(36-48-81)69-23-11-3-12-24-69)82-49-37-76(38-50-82)70-25-13-4-14-26-70)90-65-59-87(60-66-90)93(83-51-39-77(40-52-83)71-27-15-5-16-28-71)84-53-41-78(42-54-84)72-29-17-6-18-30-72/h1-66H. The van der Waals surface area contributed by atoms with E-state index >= 15 is 0 Å². The SMILES string of the molecule is c1ccc(-c2ccc(N(c3ccc(-c4ccccc4)cc3)c3ccc(N(c4ccc(N(c5ccc(-c6ccccc6)cc5)c5ccc(-c6ccccc6)cc5)cc4)c4ccc(N(c5ccc(-c6ccccc6)cc5)c5ccc(-c6ccccc6)cc5)cc4)cc3)cc2)cc1. The Balaban J connectivity index is 0.829. The fraction of sp³-hybridized carbons (Fsp3) is 0. The van der Waals surface area contributed by atoms with Gasteiger partial charge in [0.25, 0.3) is 0 Å². The molecule has 0 heterocycles. The fourth-order valence-electron chi connectivity index (χ4n) is 12.6. The Morgan fingerprint density at radius 2 is 0.170 bits per heavy atom. The lowest BCUT2D eigenvalue weighted by molar-refractivity contribution is 1.24. The summed E-state index contributed by atoms with van der Waals surface area (Å²) in [6, 6.07) is 144. The highest BCUT2D eigenvalue weighted by Crippen LogP contribution is 2.45. The molecule has 15 rings (SSSR count). The molecule has 0 atom stereocenters. The number of benzene rings is 15. The molecule has 94 heavy (non-hydrogen) atoms. The van der Waals surface area contributed by atoms with Gasteiger partial charge in [0.15, 0.2) is 0 Å². The molecule has 15 aromatic carbocycles. The Hall–Kier alpha value is -12.5. The van der Waals surface area contributed by atoms with Crippen LogP contribution in [0.2, 0.25) is 0 Å². The summed E-state index contributed by atoms with van der Waals surface area (Å²) in [5, 5.41) is 0. The molecule has 0 aliphatic rings. The lowest BCUT2D eigenvalue weighted by Crippen LogP contribution is -2.14. The van der Waals surface area contributed by atoms with Crippen molar-refractivity contribution in [2.24, 2.45) is 0 Å². The van der Waals surface area contributed by atoms with Gasteiger partial charge in [-0.25, -0.2) is 0 Å². The quantitative estimate of drug-likeness (QED) is 0.0849. The molecular formula is C90H66N4. The number of hydrogen-bond donors (Lipinski definition) is 0. The third kappa shape index (κ3) is 12.6. The highest BCUT2D eigenvalue weighted by Gasteiger charge is 2.21. The van der Waals surface area contributed by atoms with Gasteiger partial charge in [0.2, 0.25) is 0 Å². The number of hydrogen-bond acceptors (Lipinski definition) is 4. The van der Waals surface area contributed by atoms with Crippen LogP contribution in [0, 0.1) is 0 Å². The Bertz CT molecular complexity index is 4130. The maximum Gasteiger partial charge on any atom is 0.0463 e. The monoisotopic (exact) mass is 1200 g/mol. The predicted molar refractivity (Wildman–Crippen MR) is 398 cm³/mol. The first kappa shape index (κ1) is 57.9. The van der Waals surface area contributed by atoms with Gasteiger partial charge in [0.05, 0.1) is 0 Å². The van der Waals surface area contributed by atoms with Crippen LogP contribution in [-0.4, -0.2) is 0 Å². The first-order chi connectivity index (χ1) is 46.6. The van der Waals surface area contributed by atoms with E-state index in [2.05, 4.69) is 420 Å². The van der Waals surface area contributed by atoms with Gasteiger partial charge < -0.3 is 19.6 Å². The van der Waals surface area contributed by atoms with Gasteiger partial charge in [-0.05, 0) is 212 Å². The highest BCUT2D eigenvalue weighted by molar-refractivity contribution is 5.87. The molecule has 0 aliphatic carbocycles. The fourth-order valence-corrected chi connectivity index (χ4v) is 12.6. The molecule has 0 aliphatic heterocycles. The molecule has 4 heteroatoms. The highest BCUT2D eigenvalue weighted by atomic mass is 15.2. The van der Waals surface area contributed by atoms with Crippen molar-refractivity contribution in [3.63, 3.8) is 0 Å². The van der Waals surface area contributed by atoms with Crippen LogP contribution in [-0.2, 0) is 0 Å². The van der Waals surface area contributed by atoms with Crippen LogP contribution >= 0.6 is 0 Å². The number of anilines is 12. The van der Waals surface area contributed by atoms with Gasteiger partial charge in [0, 0.05) is 68.2 Å². The molecule has 0 saturated carbocycles. The molecule has 4 nitrogen and oxygen atoms in total. The van der Waals surface area contributed by atoms with Gasteiger partial charge in [0.1, 0.15) is 0 Å². The minimum atomic E-state index is 1.01. The van der Waals surface area contributed by atoms with Crippen LogP contribution in [0.1, 0.15) is 0 Å². The molecule has 0 unspecified atom stereocenters. The zero-order chi connectivity index (χ0) is 62.8. The van der Waals surface area contributed by atoms with Gasteiger partial charge >= 0.3 is 0 Å². The van der Waals surface area contributed by atoms with E-state index < -0.39 is 0 Å². The van der Waals surface area contributed by atoms with Crippen molar-refractivity contribution in [3.05, 3.63) is 400 Å². The van der Waals surface area contributed by atoms with Crippen molar-refractivity contribution >= 4 is 68.2 Å². The normalized spacial score (nSPS) is 11.0. The van der Waals surface area contributed by atoms with E-state index in [4.69, 9.17) is 0 Å². The van der Waals surface area contributed by atoms with Crippen LogP contribution in [0.5, 0.6) is 0 Å². The Labute approximate surface area is 551 Å². The molecule has 0 amide bonds. The number of rotatable bonds is 18. The second-order valence-corrected chi connectivity index (χ2v) is 23.4. The Morgan fingerprint density at radius 3 is 0.277 bits per heavy atom. The van der Waals surface area contributed by atoms with E-state index in [-0.39, 0.29) is 0 Å². The maximum absolute atomic E-state index is 2.37. The molecule has 0 fully saturated rings. The van der Waals surface area contributed by atoms with Gasteiger partial charge in [-0.15, -0.1) is 0 Å². The van der Waals surface area contributed by atoms with Crippen LogP contribution in [0.25, 0.3) is 66.8 Å². The summed E-state index contributed by atoms with van der Waals surface area (Å²) in [5.74, 6) is 0. The Kier molecular flexibility index (Phi) is 16.6. The summed E-state index contributed by atoms with van der Waals surface area (Å²) in [7, 11) is 0. The van der Waals surface area contributed by atoms with E-state index in [1.54, 1.807) is 0 Å². The van der Waals surface area contributed by atoms with Gasteiger partial charge in [-0.3, -0.25) is 0 Å². The zero-order valence-electron chi connectivity index (χ0n) is 51.9. The van der Waals surface area contributed by atoms with Crippen molar-refractivity contribution in [2.75, 3.05) is 19.6 Å². The van der Waals surface area contributed by atoms with E-state index in [0.29, 0.717) is 0 Å². The minimum Gasteiger partial charge on any atom is -0.311 e. The summed E-state index contributed by atoms with van der Waals surface area (Å²) < 4.78 is 0. The summed E-state index contributed by atoms with van der Waals surface area (Å²) >= 11 is 0. The molecule has 0 radical (unpaired) electrons. The smallest absolute Gasteiger partial charge is 0.0463 e. The molecule has 15 aromatic rings. The van der Waals surface area contributed by atoms with Gasteiger partial charge in [-0.2, -0.15) is 0 Å². The summed E-state index contributed by atoms with van der Waals surface area (Å²) in [5.41, 5.74) is 26.6.